The maximum Gasteiger partial charge on any atom is 0.255 e. The number of primary sulfonamides is 1. The van der Waals surface area contributed by atoms with Gasteiger partial charge in [-0.2, -0.15) is 0 Å². The van der Waals surface area contributed by atoms with Crippen LogP contribution in [0.2, 0.25) is 10.0 Å². The topological polar surface area (TPSA) is 89.7 Å². The molecule has 1 aromatic carbocycles. The first kappa shape index (κ1) is 18.2. The second-order valence-electron chi connectivity index (χ2n) is 4.38. The third-order valence-corrected chi connectivity index (χ3v) is 4.44. The van der Waals surface area contributed by atoms with Crippen molar-refractivity contribution in [3.8, 4) is 0 Å². The van der Waals surface area contributed by atoms with Gasteiger partial charge in [-0.15, -0.1) is 0 Å². The fourth-order valence-corrected chi connectivity index (χ4v) is 2.68. The van der Waals surface area contributed by atoms with Crippen molar-refractivity contribution in [2.45, 2.75) is 11.3 Å². The Kier molecular flexibility index (Phi) is 6.42. The average molecular weight is 355 g/mol. The van der Waals surface area contributed by atoms with Gasteiger partial charge < -0.3 is 9.64 Å². The maximum absolute atomic E-state index is 12.3. The Bertz CT molecular complexity index is 634. The fourth-order valence-electron chi connectivity index (χ4n) is 1.64. The summed E-state index contributed by atoms with van der Waals surface area (Å²) in [6.45, 7) is 0.934. The predicted octanol–water partition coefficient (Wildman–Crippen LogP) is 1.75. The quantitative estimate of drug-likeness (QED) is 0.788. The number of benzene rings is 1. The van der Waals surface area contributed by atoms with E-state index in [0.717, 1.165) is 12.1 Å². The number of nitrogens with zero attached hydrogens (tertiary/aromatic N) is 1. The minimum absolute atomic E-state index is 0.00638. The Hall–Kier alpha value is -0.860. The third-order valence-electron chi connectivity index (χ3n) is 2.75. The molecule has 0 aliphatic rings. The minimum Gasteiger partial charge on any atom is -0.385 e. The lowest BCUT2D eigenvalue weighted by Crippen LogP contribution is -2.29. The SMILES string of the molecule is COCCCN(C)C(=O)c1cc(S(N)(=O)=O)cc(Cl)c1Cl. The molecule has 0 atom stereocenters. The molecular formula is C12H16Cl2N2O4S. The van der Waals surface area contributed by atoms with E-state index in [4.69, 9.17) is 33.1 Å². The molecule has 0 aromatic heterocycles. The van der Waals surface area contributed by atoms with Crippen LogP contribution in [0.3, 0.4) is 0 Å². The highest BCUT2D eigenvalue weighted by atomic mass is 35.5. The highest BCUT2D eigenvalue weighted by Crippen LogP contribution is 2.29. The molecule has 2 N–H and O–H groups in total. The number of carbonyl (C=O) groups is 1. The van der Waals surface area contributed by atoms with Gasteiger partial charge in [-0.1, -0.05) is 23.2 Å². The van der Waals surface area contributed by atoms with Gasteiger partial charge >= 0.3 is 0 Å². The number of carbonyl (C=O) groups excluding carboxylic acids is 1. The molecule has 1 rings (SSSR count). The summed E-state index contributed by atoms with van der Waals surface area (Å²) >= 11 is 11.8. The van der Waals surface area contributed by atoms with Crippen molar-refractivity contribution in [1.29, 1.82) is 0 Å². The van der Waals surface area contributed by atoms with Gasteiger partial charge in [0.25, 0.3) is 5.91 Å². The summed E-state index contributed by atoms with van der Waals surface area (Å²) < 4.78 is 27.7. The van der Waals surface area contributed by atoms with Gasteiger partial charge in [0.15, 0.2) is 0 Å². The van der Waals surface area contributed by atoms with Crippen molar-refractivity contribution >= 4 is 39.1 Å². The number of nitrogens with two attached hydrogens (primary N) is 1. The van der Waals surface area contributed by atoms with E-state index in [9.17, 15) is 13.2 Å². The normalized spacial score (nSPS) is 11.5. The molecule has 0 aliphatic heterocycles. The Morgan fingerprint density at radius 1 is 1.38 bits per heavy atom. The number of hydrogen-bond acceptors (Lipinski definition) is 4. The number of sulfonamides is 1. The Labute approximate surface area is 133 Å². The van der Waals surface area contributed by atoms with E-state index in [-0.39, 0.29) is 20.5 Å². The van der Waals surface area contributed by atoms with Crippen LogP contribution in [0.5, 0.6) is 0 Å². The van der Waals surface area contributed by atoms with Gasteiger partial charge in [-0.25, -0.2) is 13.6 Å². The first-order valence-electron chi connectivity index (χ1n) is 5.94. The summed E-state index contributed by atoms with van der Waals surface area (Å²) in [4.78, 5) is 13.4. The summed E-state index contributed by atoms with van der Waals surface area (Å²) in [6.07, 6.45) is 0.638. The summed E-state index contributed by atoms with van der Waals surface area (Å²) in [6, 6.07) is 2.24. The molecule has 9 heteroatoms. The number of halogens is 2. The standard InChI is InChI=1S/C12H16Cl2N2O4S/c1-16(4-3-5-20-2)12(17)9-6-8(21(15,18)19)7-10(13)11(9)14/h6-7H,3-5H2,1-2H3,(H2,15,18,19). The second-order valence-corrected chi connectivity index (χ2v) is 6.73. The van der Waals surface area contributed by atoms with Crippen LogP contribution in [0.15, 0.2) is 17.0 Å². The summed E-state index contributed by atoms with van der Waals surface area (Å²) in [5, 5.41) is 5.00. The Morgan fingerprint density at radius 2 is 2.00 bits per heavy atom. The first-order chi connectivity index (χ1) is 9.68. The Morgan fingerprint density at radius 3 is 2.52 bits per heavy atom. The van der Waals surface area contributed by atoms with Crippen LogP contribution in [0.25, 0.3) is 0 Å². The molecule has 0 heterocycles. The van der Waals surface area contributed by atoms with Gasteiger partial charge in [0, 0.05) is 27.3 Å². The van der Waals surface area contributed by atoms with Crippen LogP contribution in [-0.4, -0.2) is 46.5 Å². The van der Waals surface area contributed by atoms with E-state index in [1.807, 2.05) is 0 Å². The lowest BCUT2D eigenvalue weighted by Gasteiger charge is -2.18. The molecule has 1 aromatic rings. The molecule has 0 saturated carbocycles. The van der Waals surface area contributed by atoms with E-state index in [0.29, 0.717) is 19.6 Å². The monoisotopic (exact) mass is 354 g/mol. The molecule has 0 bridgehead atoms. The molecule has 0 radical (unpaired) electrons. The number of hydrogen-bond donors (Lipinski definition) is 1. The third kappa shape index (κ3) is 4.82. The number of amides is 1. The lowest BCUT2D eigenvalue weighted by atomic mass is 10.2. The smallest absolute Gasteiger partial charge is 0.255 e. The van der Waals surface area contributed by atoms with Crippen molar-refractivity contribution < 1.29 is 17.9 Å². The van der Waals surface area contributed by atoms with E-state index < -0.39 is 15.9 Å². The predicted molar refractivity (Wildman–Crippen MR) is 81.3 cm³/mol. The van der Waals surface area contributed by atoms with E-state index in [2.05, 4.69) is 0 Å². The Balaban J connectivity index is 3.11. The van der Waals surface area contributed by atoms with E-state index in [1.54, 1.807) is 14.2 Å². The van der Waals surface area contributed by atoms with Crippen LogP contribution in [-0.2, 0) is 14.8 Å². The second kappa shape index (κ2) is 7.42. The molecule has 21 heavy (non-hydrogen) atoms. The van der Waals surface area contributed by atoms with Crippen LogP contribution in [0.1, 0.15) is 16.8 Å². The van der Waals surface area contributed by atoms with Crippen LogP contribution in [0.4, 0.5) is 0 Å². The van der Waals surface area contributed by atoms with Gasteiger partial charge in [-0.3, -0.25) is 4.79 Å². The van der Waals surface area contributed by atoms with Crippen molar-refractivity contribution in [3.63, 3.8) is 0 Å². The first-order valence-corrected chi connectivity index (χ1v) is 8.25. The average Bonchev–Trinajstić information content (AvgIpc) is 2.39. The van der Waals surface area contributed by atoms with Crippen molar-refractivity contribution in [2.24, 2.45) is 5.14 Å². The van der Waals surface area contributed by atoms with Gasteiger partial charge in [0.2, 0.25) is 10.0 Å². The van der Waals surface area contributed by atoms with Gasteiger partial charge in [0.1, 0.15) is 0 Å². The zero-order valence-electron chi connectivity index (χ0n) is 11.6. The van der Waals surface area contributed by atoms with Crippen molar-refractivity contribution in [1.82, 2.24) is 4.90 Å². The molecular weight excluding hydrogens is 339 g/mol. The molecule has 0 aliphatic carbocycles. The molecule has 0 fully saturated rings. The molecule has 0 spiro atoms. The molecule has 118 valence electrons. The largest absolute Gasteiger partial charge is 0.385 e. The zero-order chi connectivity index (χ0) is 16.2. The van der Waals surface area contributed by atoms with E-state index >= 15 is 0 Å². The maximum atomic E-state index is 12.3. The van der Waals surface area contributed by atoms with Crippen LogP contribution in [0, 0.1) is 0 Å². The van der Waals surface area contributed by atoms with Gasteiger partial charge in [0.05, 0.1) is 20.5 Å². The van der Waals surface area contributed by atoms with Crippen molar-refractivity contribution in [2.75, 3.05) is 27.3 Å². The lowest BCUT2D eigenvalue weighted by molar-refractivity contribution is 0.0779. The number of ether oxygens (including phenoxy) is 1. The zero-order valence-corrected chi connectivity index (χ0v) is 13.9. The van der Waals surface area contributed by atoms with Gasteiger partial charge in [-0.05, 0) is 18.6 Å². The molecule has 0 saturated heterocycles. The summed E-state index contributed by atoms with van der Waals surface area (Å²) in [7, 11) is -0.840. The van der Waals surface area contributed by atoms with Crippen LogP contribution >= 0.6 is 23.2 Å². The molecule has 0 unspecified atom stereocenters. The highest BCUT2D eigenvalue weighted by molar-refractivity contribution is 7.89. The minimum atomic E-state index is -3.98. The number of rotatable bonds is 6. The number of methoxy groups -OCH3 is 1. The summed E-state index contributed by atoms with van der Waals surface area (Å²) in [5.74, 6) is -0.441. The van der Waals surface area contributed by atoms with E-state index in [1.165, 1.54) is 4.90 Å². The van der Waals surface area contributed by atoms with Crippen LogP contribution < -0.4 is 5.14 Å². The summed E-state index contributed by atoms with van der Waals surface area (Å²) in [5.41, 5.74) is -0.00638. The molecule has 6 nitrogen and oxygen atoms in total. The van der Waals surface area contributed by atoms with Crippen molar-refractivity contribution in [3.05, 3.63) is 27.7 Å². The molecule has 1 amide bonds. The highest BCUT2D eigenvalue weighted by Gasteiger charge is 2.21. The fraction of sp³-hybridized carbons (Fsp3) is 0.417.